The zero-order valence-electron chi connectivity index (χ0n) is 9.95. The summed E-state index contributed by atoms with van der Waals surface area (Å²) in [6.45, 7) is 0.743. The first-order valence-electron chi connectivity index (χ1n) is 5.84. The SMILES string of the molecule is Brc1cccc(Br)c1NCc1c[nH]c2ncccc12. The molecule has 3 rings (SSSR count). The highest BCUT2D eigenvalue weighted by atomic mass is 79.9. The number of pyridine rings is 1. The van der Waals surface area contributed by atoms with Crippen molar-refractivity contribution in [1.82, 2.24) is 9.97 Å². The number of benzene rings is 1. The number of fused-ring (bicyclic) bond motifs is 1. The van der Waals surface area contributed by atoms with Crippen molar-refractivity contribution in [2.24, 2.45) is 0 Å². The van der Waals surface area contributed by atoms with Gasteiger partial charge in [-0.05, 0) is 61.7 Å². The number of nitrogens with one attached hydrogen (secondary N) is 2. The van der Waals surface area contributed by atoms with E-state index in [4.69, 9.17) is 0 Å². The van der Waals surface area contributed by atoms with Gasteiger partial charge in [0.15, 0.2) is 0 Å². The number of rotatable bonds is 3. The van der Waals surface area contributed by atoms with Gasteiger partial charge in [0.25, 0.3) is 0 Å². The minimum absolute atomic E-state index is 0.743. The number of aromatic nitrogens is 2. The fourth-order valence-corrected chi connectivity index (χ4v) is 3.29. The van der Waals surface area contributed by atoms with E-state index in [0.717, 1.165) is 32.2 Å². The van der Waals surface area contributed by atoms with Crippen molar-refractivity contribution in [3.05, 3.63) is 57.2 Å². The summed E-state index contributed by atoms with van der Waals surface area (Å²) in [7, 11) is 0. The van der Waals surface area contributed by atoms with Gasteiger partial charge in [-0.25, -0.2) is 4.98 Å². The predicted octanol–water partition coefficient (Wildman–Crippen LogP) is 4.70. The third-order valence-corrected chi connectivity index (χ3v) is 4.28. The van der Waals surface area contributed by atoms with Crippen LogP contribution in [0.2, 0.25) is 0 Å². The minimum Gasteiger partial charge on any atom is -0.379 e. The number of hydrogen-bond donors (Lipinski definition) is 2. The van der Waals surface area contributed by atoms with Gasteiger partial charge in [0.05, 0.1) is 5.69 Å². The van der Waals surface area contributed by atoms with Crippen molar-refractivity contribution in [3.63, 3.8) is 0 Å². The van der Waals surface area contributed by atoms with Crippen molar-refractivity contribution in [2.45, 2.75) is 6.54 Å². The van der Waals surface area contributed by atoms with E-state index in [0.29, 0.717) is 0 Å². The molecule has 1 aromatic carbocycles. The molecule has 0 saturated carbocycles. The third-order valence-electron chi connectivity index (χ3n) is 2.96. The Kier molecular flexibility index (Phi) is 3.57. The fourth-order valence-electron chi connectivity index (χ4n) is 2.01. The molecule has 0 radical (unpaired) electrons. The van der Waals surface area contributed by atoms with Gasteiger partial charge >= 0.3 is 0 Å². The van der Waals surface area contributed by atoms with E-state index in [2.05, 4.69) is 53.2 Å². The summed E-state index contributed by atoms with van der Waals surface area (Å²) in [5.41, 5.74) is 3.18. The Balaban J connectivity index is 1.87. The van der Waals surface area contributed by atoms with Crippen LogP contribution < -0.4 is 5.32 Å². The second-order valence-corrected chi connectivity index (χ2v) is 5.87. The van der Waals surface area contributed by atoms with E-state index in [9.17, 15) is 0 Å². The summed E-state index contributed by atoms with van der Waals surface area (Å²) in [5, 5.41) is 4.59. The first-order chi connectivity index (χ1) is 9.25. The Hall–Kier alpha value is -1.33. The topological polar surface area (TPSA) is 40.7 Å². The van der Waals surface area contributed by atoms with Gasteiger partial charge in [0.2, 0.25) is 0 Å². The van der Waals surface area contributed by atoms with Crippen molar-refractivity contribution in [3.8, 4) is 0 Å². The smallest absolute Gasteiger partial charge is 0.137 e. The zero-order valence-corrected chi connectivity index (χ0v) is 13.1. The molecule has 0 atom stereocenters. The lowest BCUT2D eigenvalue weighted by Gasteiger charge is -2.10. The highest BCUT2D eigenvalue weighted by molar-refractivity contribution is 9.11. The van der Waals surface area contributed by atoms with Gasteiger partial charge in [0, 0.05) is 33.3 Å². The number of nitrogens with zero attached hydrogens (tertiary/aromatic N) is 1. The fraction of sp³-hybridized carbons (Fsp3) is 0.0714. The van der Waals surface area contributed by atoms with Gasteiger partial charge in [-0.1, -0.05) is 6.07 Å². The summed E-state index contributed by atoms with van der Waals surface area (Å²) in [6.07, 6.45) is 3.79. The van der Waals surface area contributed by atoms with Crippen LogP contribution in [-0.4, -0.2) is 9.97 Å². The first kappa shape index (κ1) is 12.7. The van der Waals surface area contributed by atoms with E-state index < -0.39 is 0 Å². The molecule has 96 valence electrons. The molecular formula is C14H11Br2N3. The summed E-state index contributed by atoms with van der Waals surface area (Å²) in [4.78, 5) is 7.47. The van der Waals surface area contributed by atoms with Crippen LogP contribution in [0.4, 0.5) is 5.69 Å². The summed E-state index contributed by atoms with van der Waals surface area (Å²) in [5.74, 6) is 0. The molecule has 19 heavy (non-hydrogen) atoms. The molecule has 0 aliphatic carbocycles. The maximum atomic E-state index is 4.29. The molecule has 0 aliphatic heterocycles. The largest absolute Gasteiger partial charge is 0.379 e. The highest BCUT2D eigenvalue weighted by Gasteiger charge is 2.07. The van der Waals surface area contributed by atoms with Gasteiger partial charge < -0.3 is 10.3 Å². The average molecular weight is 381 g/mol. The van der Waals surface area contributed by atoms with Crippen LogP contribution in [0.1, 0.15) is 5.56 Å². The summed E-state index contributed by atoms with van der Waals surface area (Å²) in [6, 6.07) is 10.1. The van der Waals surface area contributed by atoms with E-state index in [1.807, 2.05) is 30.5 Å². The molecule has 0 amide bonds. The lowest BCUT2D eigenvalue weighted by atomic mass is 10.2. The van der Waals surface area contributed by atoms with Crippen LogP contribution in [-0.2, 0) is 6.54 Å². The van der Waals surface area contributed by atoms with E-state index in [1.165, 1.54) is 5.56 Å². The Morgan fingerprint density at radius 3 is 2.68 bits per heavy atom. The lowest BCUT2D eigenvalue weighted by molar-refractivity contribution is 1.15. The second-order valence-electron chi connectivity index (χ2n) is 4.16. The van der Waals surface area contributed by atoms with E-state index in [-0.39, 0.29) is 0 Å². The maximum absolute atomic E-state index is 4.29. The molecule has 3 nitrogen and oxygen atoms in total. The molecule has 0 saturated heterocycles. The van der Waals surface area contributed by atoms with Gasteiger partial charge in [0.1, 0.15) is 5.65 Å². The molecule has 0 spiro atoms. The number of anilines is 1. The number of halogens is 2. The summed E-state index contributed by atoms with van der Waals surface area (Å²) >= 11 is 7.10. The predicted molar refractivity (Wildman–Crippen MR) is 85.3 cm³/mol. The molecule has 0 aliphatic rings. The zero-order chi connectivity index (χ0) is 13.2. The number of para-hydroxylation sites is 1. The molecule has 0 unspecified atom stereocenters. The quantitative estimate of drug-likeness (QED) is 0.691. The van der Waals surface area contributed by atoms with Crippen molar-refractivity contribution >= 4 is 48.6 Å². The Bertz CT molecular complexity index is 701. The number of aromatic amines is 1. The van der Waals surface area contributed by atoms with E-state index >= 15 is 0 Å². The van der Waals surface area contributed by atoms with Crippen LogP contribution in [0.15, 0.2) is 51.7 Å². The Labute approximate surface area is 127 Å². The van der Waals surface area contributed by atoms with Crippen LogP contribution in [0, 0.1) is 0 Å². The van der Waals surface area contributed by atoms with Crippen LogP contribution in [0.5, 0.6) is 0 Å². The third kappa shape index (κ3) is 2.53. The normalized spacial score (nSPS) is 10.8. The number of hydrogen-bond acceptors (Lipinski definition) is 2. The minimum atomic E-state index is 0.743. The molecule has 2 aromatic heterocycles. The van der Waals surface area contributed by atoms with Crippen molar-refractivity contribution < 1.29 is 0 Å². The molecular weight excluding hydrogens is 370 g/mol. The molecule has 2 N–H and O–H groups in total. The highest BCUT2D eigenvalue weighted by Crippen LogP contribution is 2.31. The average Bonchev–Trinajstić information content (AvgIpc) is 2.82. The van der Waals surface area contributed by atoms with Crippen molar-refractivity contribution in [1.29, 1.82) is 0 Å². The summed E-state index contributed by atoms with van der Waals surface area (Å²) < 4.78 is 2.08. The molecule has 3 aromatic rings. The second kappa shape index (κ2) is 5.35. The van der Waals surface area contributed by atoms with Gasteiger partial charge in [-0.2, -0.15) is 0 Å². The van der Waals surface area contributed by atoms with Gasteiger partial charge in [-0.3, -0.25) is 0 Å². The van der Waals surface area contributed by atoms with Gasteiger partial charge in [-0.15, -0.1) is 0 Å². The molecule has 0 bridgehead atoms. The maximum Gasteiger partial charge on any atom is 0.137 e. The standard InChI is InChI=1S/C14H11Br2N3/c15-11-4-1-5-12(16)13(11)18-7-9-8-19-14-10(9)3-2-6-17-14/h1-6,8,18H,7H2,(H,17,19). The molecule has 5 heteroatoms. The van der Waals surface area contributed by atoms with Crippen LogP contribution in [0.25, 0.3) is 11.0 Å². The van der Waals surface area contributed by atoms with Crippen molar-refractivity contribution in [2.75, 3.05) is 5.32 Å². The molecule has 0 fully saturated rings. The monoisotopic (exact) mass is 379 g/mol. The van der Waals surface area contributed by atoms with Crippen LogP contribution >= 0.6 is 31.9 Å². The number of H-pyrrole nitrogens is 1. The lowest BCUT2D eigenvalue weighted by Crippen LogP contribution is -2.00. The Morgan fingerprint density at radius 1 is 1.11 bits per heavy atom. The molecule has 2 heterocycles. The first-order valence-corrected chi connectivity index (χ1v) is 7.43. The Morgan fingerprint density at radius 2 is 1.89 bits per heavy atom. The van der Waals surface area contributed by atoms with E-state index in [1.54, 1.807) is 6.20 Å². The van der Waals surface area contributed by atoms with Crippen LogP contribution in [0.3, 0.4) is 0 Å².